The van der Waals surface area contributed by atoms with Crippen LogP contribution in [0.25, 0.3) is 22.5 Å². The van der Waals surface area contributed by atoms with Gasteiger partial charge in [0.15, 0.2) is 24.8 Å². The summed E-state index contributed by atoms with van der Waals surface area (Å²) in [6, 6.07) is 8.25. The summed E-state index contributed by atoms with van der Waals surface area (Å²) in [5.41, 5.74) is 4.21. The molecule has 4 rings (SSSR count). The number of nitrogens with zero attached hydrogens (tertiary/aromatic N) is 6. The summed E-state index contributed by atoms with van der Waals surface area (Å²) in [5.74, 6) is 2.07. The minimum absolute atomic E-state index is 0. The highest BCUT2D eigenvalue weighted by Gasteiger charge is 2.15. The number of hydrogen-bond donors (Lipinski definition) is 0. The molecule has 0 aliphatic heterocycles. The largest absolute Gasteiger partial charge is 1.00 e. The van der Waals surface area contributed by atoms with Gasteiger partial charge in [0, 0.05) is 12.1 Å². The molecule has 0 bridgehead atoms. The van der Waals surface area contributed by atoms with Gasteiger partial charge in [-0.2, -0.15) is 17.5 Å². The van der Waals surface area contributed by atoms with Gasteiger partial charge in [0.2, 0.25) is 0 Å². The molecule has 0 aliphatic carbocycles. The Bertz CT molecular complexity index is 1030. The Morgan fingerprint density at radius 3 is 1.56 bits per heavy atom. The molecule has 4 aromatic heterocycles. The number of unbranched alkanes of at least 4 members (excludes halogenated alkanes) is 1. The van der Waals surface area contributed by atoms with Crippen molar-refractivity contribution in [2.45, 2.75) is 22.9 Å². The van der Waals surface area contributed by atoms with Crippen LogP contribution in [-0.2, 0) is 14.1 Å². The van der Waals surface area contributed by atoms with Crippen LogP contribution in [0.15, 0.2) is 59.1 Å². The number of hydrogen-bond acceptors (Lipinski definition) is 8. The van der Waals surface area contributed by atoms with Gasteiger partial charge in [-0.25, -0.2) is 9.13 Å². The summed E-state index contributed by atoms with van der Waals surface area (Å²) >= 11 is 6.16. The van der Waals surface area contributed by atoms with Gasteiger partial charge in [0.25, 0.3) is 0 Å². The van der Waals surface area contributed by atoms with Crippen LogP contribution >= 0.6 is 47.0 Å². The average Bonchev–Trinajstić information content (AvgIpc) is 3.40. The molecule has 0 saturated carbocycles. The van der Waals surface area contributed by atoms with Crippen LogP contribution in [0.2, 0.25) is 0 Å². The normalized spacial score (nSPS) is 10.4. The number of rotatable bonds is 9. The van der Waals surface area contributed by atoms with Gasteiger partial charge < -0.3 is 48.0 Å². The Kier molecular flexibility index (Phi) is 12.2. The molecule has 6 nitrogen and oxygen atoms in total. The molecule has 4 aromatic rings. The molecule has 0 N–H and O–H groups in total. The third-order valence-corrected chi connectivity index (χ3v) is 7.75. The molecule has 0 spiro atoms. The summed E-state index contributed by atoms with van der Waals surface area (Å²) in [6.45, 7) is 0. The second kappa shape index (κ2) is 14.1. The Morgan fingerprint density at radius 2 is 1.16 bits per heavy atom. The maximum atomic E-state index is 4.50. The van der Waals surface area contributed by atoms with Gasteiger partial charge in [-0.3, -0.25) is 0 Å². The molecule has 0 aliphatic rings. The second-order valence-corrected chi connectivity index (χ2v) is 9.98. The van der Waals surface area contributed by atoms with Crippen molar-refractivity contribution in [3.05, 3.63) is 49.1 Å². The van der Waals surface area contributed by atoms with E-state index in [1.54, 1.807) is 23.5 Å². The Labute approximate surface area is 239 Å². The molecular weight excluding hydrogens is 706 g/mol. The van der Waals surface area contributed by atoms with E-state index in [9.17, 15) is 0 Å². The summed E-state index contributed by atoms with van der Waals surface area (Å²) in [6.07, 6.45) is 10.5. The van der Waals surface area contributed by atoms with E-state index in [0.29, 0.717) is 0 Å². The lowest BCUT2D eigenvalue weighted by Gasteiger charge is -2.02. The van der Waals surface area contributed by atoms with Crippen molar-refractivity contribution in [1.29, 1.82) is 0 Å². The predicted octanol–water partition coefficient (Wildman–Crippen LogP) is -1.95. The number of thioether (sulfide) groups is 2. The lowest BCUT2D eigenvalue weighted by molar-refractivity contribution is -0.671. The molecule has 0 amide bonds. The molecule has 170 valence electrons. The zero-order chi connectivity index (χ0) is 20.8. The molecule has 4 heterocycles. The summed E-state index contributed by atoms with van der Waals surface area (Å²) in [4.78, 5) is 0. The van der Waals surface area contributed by atoms with Gasteiger partial charge in [-0.15, -0.1) is 23.5 Å². The molecule has 0 fully saturated rings. The van der Waals surface area contributed by atoms with Crippen LogP contribution in [-0.4, -0.2) is 29.0 Å². The highest BCUT2D eigenvalue weighted by molar-refractivity contribution is 7.99. The topological polar surface area (TPSA) is 59.3 Å². The first kappa shape index (κ1) is 27.8. The third kappa shape index (κ3) is 7.55. The van der Waals surface area contributed by atoms with Gasteiger partial charge in [-0.1, -0.05) is 0 Å². The van der Waals surface area contributed by atoms with Crippen molar-refractivity contribution >= 4 is 47.0 Å². The van der Waals surface area contributed by atoms with Crippen molar-refractivity contribution in [3.63, 3.8) is 0 Å². The van der Waals surface area contributed by atoms with Crippen LogP contribution < -0.4 is 57.1 Å². The molecule has 0 unspecified atom stereocenters. The first-order valence-corrected chi connectivity index (χ1v) is 13.0. The molecule has 0 radical (unpaired) electrons. The first-order valence-electron chi connectivity index (χ1n) is 9.53. The number of aryl methyl sites for hydroxylation is 2. The lowest BCUT2D eigenvalue weighted by atomic mass is 10.2. The maximum Gasteiger partial charge on any atom is 0.178 e. The fourth-order valence-corrected chi connectivity index (χ4v) is 6.27. The van der Waals surface area contributed by atoms with E-state index in [0.717, 1.165) is 56.9 Å². The van der Waals surface area contributed by atoms with Gasteiger partial charge in [0.05, 0.1) is 34.6 Å². The Hall–Kier alpha value is -0.420. The first-order chi connectivity index (χ1) is 14.7. The summed E-state index contributed by atoms with van der Waals surface area (Å²) in [7, 11) is 4.05. The van der Waals surface area contributed by atoms with Gasteiger partial charge in [-0.05, 0) is 36.5 Å². The SMILES string of the molecule is C[n+]1cccc(-c2nsnc2SCCCCSc2nsnc2-c2ccc[n+](C)c2)c1.[I-].[I-]. The highest BCUT2D eigenvalue weighted by Crippen LogP contribution is 2.31. The van der Waals surface area contributed by atoms with E-state index < -0.39 is 0 Å². The molecule has 0 saturated heterocycles. The lowest BCUT2D eigenvalue weighted by Crippen LogP contribution is -3.00. The molecule has 0 atom stereocenters. The van der Waals surface area contributed by atoms with Crippen molar-refractivity contribution in [3.8, 4) is 22.5 Å². The fourth-order valence-electron chi connectivity index (χ4n) is 2.90. The predicted molar refractivity (Wildman–Crippen MR) is 124 cm³/mol. The van der Waals surface area contributed by atoms with Crippen molar-refractivity contribution in [2.24, 2.45) is 14.1 Å². The fraction of sp³-hybridized carbons (Fsp3) is 0.300. The van der Waals surface area contributed by atoms with E-state index in [1.165, 1.54) is 23.5 Å². The molecule has 32 heavy (non-hydrogen) atoms. The molecular formula is C20H22I2N6S4. The zero-order valence-electron chi connectivity index (χ0n) is 17.5. The van der Waals surface area contributed by atoms with Crippen molar-refractivity contribution < 1.29 is 57.1 Å². The van der Waals surface area contributed by atoms with Gasteiger partial charge >= 0.3 is 0 Å². The van der Waals surface area contributed by atoms with Crippen LogP contribution in [0, 0.1) is 0 Å². The smallest absolute Gasteiger partial charge is 0.178 e. The Balaban J connectivity index is 0.00000181. The Morgan fingerprint density at radius 1 is 0.719 bits per heavy atom. The standard InChI is InChI=1S/C20H22N6S4.2HI/c1-25-9-5-7-15(13-25)17-19(23-29-21-17)27-11-3-4-12-28-20-18(22-30-24-20)16-8-6-10-26(2)14-16;;/h5-10,13-14H,3-4,11-12H2,1-2H3;2*1H/q+2;;/p-2. The average molecular weight is 729 g/mol. The second-order valence-electron chi connectivity index (χ2n) is 6.76. The highest BCUT2D eigenvalue weighted by atomic mass is 127. The van der Waals surface area contributed by atoms with E-state index in [1.807, 2.05) is 47.8 Å². The van der Waals surface area contributed by atoms with Gasteiger partial charge in [0.1, 0.15) is 35.5 Å². The van der Waals surface area contributed by atoms with Crippen molar-refractivity contribution in [2.75, 3.05) is 11.5 Å². The minimum Gasteiger partial charge on any atom is -1.00 e. The quantitative estimate of drug-likeness (QED) is 0.0866. The summed E-state index contributed by atoms with van der Waals surface area (Å²) in [5, 5.41) is 2.06. The van der Waals surface area contributed by atoms with Crippen molar-refractivity contribution in [1.82, 2.24) is 17.5 Å². The zero-order valence-corrected chi connectivity index (χ0v) is 25.1. The third-order valence-electron chi connectivity index (χ3n) is 4.36. The van der Waals surface area contributed by atoms with E-state index in [-0.39, 0.29) is 48.0 Å². The molecule has 12 heteroatoms. The van der Waals surface area contributed by atoms with Crippen LogP contribution in [0.1, 0.15) is 12.8 Å². The van der Waals surface area contributed by atoms with Crippen LogP contribution in [0.4, 0.5) is 0 Å². The van der Waals surface area contributed by atoms with E-state index in [4.69, 9.17) is 0 Å². The number of pyridine rings is 2. The van der Waals surface area contributed by atoms with Crippen LogP contribution in [0.3, 0.4) is 0 Å². The van der Waals surface area contributed by atoms with Crippen LogP contribution in [0.5, 0.6) is 0 Å². The monoisotopic (exact) mass is 728 g/mol. The summed E-state index contributed by atoms with van der Waals surface area (Å²) < 4.78 is 22.1. The number of halogens is 2. The minimum atomic E-state index is 0. The maximum absolute atomic E-state index is 4.50. The van der Waals surface area contributed by atoms with E-state index in [2.05, 4.69) is 42.0 Å². The molecule has 0 aromatic carbocycles. The van der Waals surface area contributed by atoms with E-state index >= 15 is 0 Å². The number of aromatic nitrogens is 6.